The minimum absolute atomic E-state index is 0.288. The van der Waals surface area contributed by atoms with Crippen LogP contribution in [0, 0.1) is 23.2 Å². The van der Waals surface area contributed by atoms with Crippen LogP contribution in [0.25, 0.3) is 11.3 Å². The van der Waals surface area contributed by atoms with Gasteiger partial charge in [0.15, 0.2) is 5.13 Å². The third kappa shape index (κ3) is 3.87. The van der Waals surface area contributed by atoms with Crippen LogP contribution >= 0.6 is 22.9 Å². The number of carbonyl (C=O) groups is 2. The zero-order valence-corrected chi connectivity index (χ0v) is 15.3. The molecule has 0 radical (unpaired) electrons. The monoisotopic (exact) mass is 389 g/mol. The SMILES string of the molecule is N#Cc1sc(NC(=O)[C@@H]2CCCC[C@@H]2C(=O)O)nc1-c1cccc(Cl)c1. The van der Waals surface area contributed by atoms with Gasteiger partial charge in [0, 0.05) is 10.6 Å². The molecule has 0 spiro atoms. The van der Waals surface area contributed by atoms with E-state index in [-0.39, 0.29) is 11.0 Å². The number of halogens is 1. The Labute approximate surface area is 159 Å². The highest BCUT2D eigenvalue weighted by Gasteiger charge is 2.36. The van der Waals surface area contributed by atoms with Gasteiger partial charge in [0.1, 0.15) is 16.6 Å². The quantitative estimate of drug-likeness (QED) is 0.816. The fourth-order valence-corrected chi connectivity index (χ4v) is 4.20. The van der Waals surface area contributed by atoms with Crippen molar-refractivity contribution < 1.29 is 14.7 Å². The van der Waals surface area contributed by atoms with Crippen LogP contribution < -0.4 is 5.32 Å². The number of thiazole rings is 1. The van der Waals surface area contributed by atoms with E-state index in [2.05, 4.69) is 16.4 Å². The second kappa shape index (κ2) is 7.85. The highest BCUT2D eigenvalue weighted by molar-refractivity contribution is 7.16. The first kappa shape index (κ1) is 18.4. The second-order valence-electron chi connectivity index (χ2n) is 6.14. The van der Waals surface area contributed by atoms with E-state index in [1.54, 1.807) is 24.3 Å². The Bertz CT molecular complexity index is 890. The summed E-state index contributed by atoms with van der Waals surface area (Å²) >= 11 is 7.06. The predicted octanol–water partition coefficient (Wildman–Crippen LogP) is 4.16. The highest BCUT2D eigenvalue weighted by atomic mass is 35.5. The summed E-state index contributed by atoms with van der Waals surface area (Å²) in [6, 6.07) is 9.05. The van der Waals surface area contributed by atoms with Crippen molar-refractivity contribution in [3.8, 4) is 17.3 Å². The largest absolute Gasteiger partial charge is 0.481 e. The van der Waals surface area contributed by atoms with E-state index in [4.69, 9.17) is 11.6 Å². The van der Waals surface area contributed by atoms with E-state index in [1.165, 1.54) is 0 Å². The zero-order valence-electron chi connectivity index (χ0n) is 13.7. The lowest BCUT2D eigenvalue weighted by Gasteiger charge is -2.26. The van der Waals surface area contributed by atoms with Crippen LogP contribution in [0.4, 0.5) is 5.13 Å². The van der Waals surface area contributed by atoms with Crippen LogP contribution in [0.2, 0.25) is 5.02 Å². The first-order chi connectivity index (χ1) is 12.5. The summed E-state index contributed by atoms with van der Waals surface area (Å²) in [6.45, 7) is 0. The van der Waals surface area contributed by atoms with E-state index >= 15 is 0 Å². The Kier molecular flexibility index (Phi) is 5.55. The lowest BCUT2D eigenvalue weighted by Crippen LogP contribution is -2.36. The fraction of sp³-hybridized carbons (Fsp3) is 0.333. The lowest BCUT2D eigenvalue weighted by atomic mass is 9.79. The minimum atomic E-state index is -0.943. The topological polar surface area (TPSA) is 103 Å². The number of carbonyl (C=O) groups excluding carboxylic acids is 1. The van der Waals surface area contributed by atoms with Crippen molar-refractivity contribution in [2.24, 2.45) is 11.8 Å². The molecule has 6 nitrogen and oxygen atoms in total. The van der Waals surface area contributed by atoms with Crippen molar-refractivity contribution in [2.75, 3.05) is 5.32 Å². The highest BCUT2D eigenvalue weighted by Crippen LogP contribution is 2.34. The van der Waals surface area contributed by atoms with Gasteiger partial charge in [-0.25, -0.2) is 4.98 Å². The van der Waals surface area contributed by atoms with E-state index < -0.39 is 17.8 Å². The molecule has 8 heteroatoms. The molecule has 1 aromatic heterocycles. The number of aliphatic carboxylic acids is 1. The van der Waals surface area contributed by atoms with Gasteiger partial charge in [0.05, 0.1) is 11.8 Å². The van der Waals surface area contributed by atoms with Crippen molar-refractivity contribution in [2.45, 2.75) is 25.7 Å². The maximum atomic E-state index is 12.6. The summed E-state index contributed by atoms with van der Waals surface area (Å²) in [5.74, 6) is -2.55. The number of carboxylic acids is 1. The first-order valence-corrected chi connectivity index (χ1v) is 9.39. The number of nitrogens with one attached hydrogen (secondary N) is 1. The van der Waals surface area contributed by atoms with Gasteiger partial charge < -0.3 is 10.4 Å². The molecule has 3 rings (SSSR count). The molecule has 0 bridgehead atoms. The Morgan fingerprint density at radius 2 is 2.04 bits per heavy atom. The number of aromatic nitrogens is 1. The molecule has 1 aromatic carbocycles. The van der Waals surface area contributed by atoms with Crippen molar-refractivity contribution in [1.82, 2.24) is 4.98 Å². The van der Waals surface area contributed by atoms with E-state index in [1.807, 2.05) is 0 Å². The number of nitriles is 1. The van der Waals surface area contributed by atoms with Gasteiger partial charge in [0.2, 0.25) is 5.91 Å². The molecule has 1 aliphatic carbocycles. The number of hydrogen-bond donors (Lipinski definition) is 2. The summed E-state index contributed by atoms with van der Waals surface area (Å²) < 4.78 is 0. The summed E-state index contributed by atoms with van der Waals surface area (Å²) in [5.41, 5.74) is 1.14. The van der Waals surface area contributed by atoms with Crippen LogP contribution in [0.5, 0.6) is 0 Å². The molecule has 1 aliphatic rings. The number of rotatable bonds is 4. The van der Waals surface area contributed by atoms with Crippen LogP contribution in [-0.4, -0.2) is 22.0 Å². The van der Waals surface area contributed by atoms with Gasteiger partial charge in [-0.05, 0) is 25.0 Å². The summed E-state index contributed by atoms with van der Waals surface area (Å²) in [6.07, 6.45) is 2.69. The fourth-order valence-electron chi connectivity index (χ4n) is 3.22. The van der Waals surface area contributed by atoms with Crippen molar-refractivity contribution in [3.05, 3.63) is 34.2 Å². The molecule has 26 heavy (non-hydrogen) atoms. The smallest absolute Gasteiger partial charge is 0.307 e. The van der Waals surface area contributed by atoms with Crippen LogP contribution in [0.1, 0.15) is 30.6 Å². The number of carboxylic acid groups (broad SMARTS) is 1. The van der Waals surface area contributed by atoms with Gasteiger partial charge in [-0.1, -0.05) is 47.9 Å². The molecule has 0 aliphatic heterocycles. The Balaban J connectivity index is 1.83. The van der Waals surface area contributed by atoms with Gasteiger partial charge in [-0.15, -0.1) is 0 Å². The molecule has 2 atom stereocenters. The van der Waals surface area contributed by atoms with Gasteiger partial charge >= 0.3 is 5.97 Å². The summed E-state index contributed by atoms with van der Waals surface area (Å²) in [4.78, 5) is 28.7. The first-order valence-electron chi connectivity index (χ1n) is 8.20. The Morgan fingerprint density at radius 1 is 1.31 bits per heavy atom. The zero-order chi connectivity index (χ0) is 18.7. The predicted molar refractivity (Wildman–Crippen MR) is 99.0 cm³/mol. The van der Waals surface area contributed by atoms with Gasteiger partial charge in [0.25, 0.3) is 0 Å². The number of nitrogens with zero attached hydrogens (tertiary/aromatic N) is 2. The average molecular weight is 390 g/mol. The molecule has 1 fully saturated rings. The van der Waals surface area contributed by atoms with Crippen molar-refractivity contribution >= 4 is 39.9 Å². The lowest BCUT2D eigenvalue weighted by molar-refractivity contribution is -0.147. The molecule has 0 saturated heterocycles. The Morgan fingerprint density at radius 3 is 2.69 bits per heavy atom. The van der Waals surface area contributed by atoms with Crippen LogP contribution in [-0.2, 0) is 9.59 Å². The van der Waals surface area contributed by atoms with Crippen LogP contribution in [0.15, 0.2) is 24.3 Å². The third-order valence-corrected chi connectivity index (χ3v) is 5.59. The molecule has 1 saturated carbocycles. The van der Waals surface area contributed by atoms with Crippen molar-refractivity contribution in [3.63, 3.8) is 0 Å². The summed E-state index contributed by atoms with van der Waals surface area (Å²) in [7, 11) is 0. The minimum Gasteiger partial charge on any atom is -0.481 e. The number of amides is 1. The van der Waals surface area contributed by atoms with Crippen molar-refractivity contribution in [1.29, 1.82) is 5.26 Å². The molecule has 1 amide bonds. The standard InChI is InChI=1S/C18H16ClN3O3S/c19-11-5-3-4-10(8-11)15-14(9-20)26-18(21-15)22-16(23)12-6-1-2-7-13(12)17(24)25/h3-5,8,12-13H,1-2,6-7H2,(H,24,25)(H,21,22,23)/t12-,13+/m1/s1. The molecular formula is C18H16ClN3O3S. The molecule has 0 unspecified atom stereocenters. The van der Waals surface area contributed by atoms with E-state index in [0.717, 1.165) is 24.2 Å². The van der Waals surface area contributed by atoms with Crippen LogP contribution in [0.3, 0.4) is 0 Å². The molecular weight excluding hydrogens is 374 g/mol. The number of hydrogen-bond acceptors (Lipinski definition) is 5. The van der Waals surface area contributed by atoms with Gasteiger partial charge in [-0.3, -0.25) is 9.59 Å². The summed E-state index contributed by atoms with van der Waals surface area (Å²) in [5, 5.41) is 22.2. The average Bonchev–Trinajstić information content (AvgIpc) is 3.04. The molecule has 2 aromatic rings. The normalized spacial score (nSPS) is 19.5. The number of anilines is 1. The van der Waals surface area contributed by atoms with E-state index in [9.17, 15) is 20.0 Å². The second-order valence-corrected chi connectivity index (χ2v) is 7.58. The van der Waals surface area contributed by atoms with Gasteiger partial charge in [-0.2, -0.15) is 5.26 Å². The number of benzene rings is 1. The third-order valence-electron chi connectivity index (χ3n) is 4.48. The molecule has 2 N–H and O–H groups in total. The maximum absolute atomic E-state index is 12.6. The maximum Gasteiger partial charge on any atom is 0.307 e. The molecule has 134 valence electrons. The Hall–Kier alpha value is -2.43. The van der Waals surface area contributed by atoms with E-state index in [0.29, 0.717) is 34.0 Å². The molecule has 1 heterocycles.